The van der Waals surface area contributed by atoms with Crippen LogP contribution in [-0.4, -0.2) is 14.6 Å². The molecule has 0 fully saturated rings. The number of halogens is 1. The predicted octanol–water partition coefficient (Wildman–Crippen LogP) is 3.77. The Hall–Kier alpha value is -1.17. The van der Waals surface area contributed by atoms with E-state index in [9.17, 15) is 0 Å². The van der Waals surface area contributed by atoms with Gasteiger partial charge in [-0.05, 0) is 29.9 Å². The molecule has 0 saturated carbocycles. The first kappa shape index (κ1) is 10.0. The second kappa shape index (κ2) is 3.69. The molecule has 3 nitrogen and oxygen atoms in total. The summed E-state index contributed by atoms with van der Waals surface area (Å²) in [6.07, 6.45) is 0. The van der Waals surface area contributed by atoms with Gasteiger partial charge in [0, 0.05) is 10.4 Å². The van der Waals surface area contributed by atoms with E-state index < -0.39 is 0 Å². The van der Waals surface area contributed by atoms with E-state index in [-0.39, 0.29) is 0 Å². The summed E-state index contributed by atoms with van der Waals surface area (Å²) < 4.78 is 2.53. The van der Waals surface area contributed by atoms with Crippen LogP contribution in [0.5, 0.6) is 0 Å². The molecular formula is C10H6ClN3S2. The molecule has 3 aromatic rings. The first-order chi connectivity index (χ1) is 7.75. The van der Waals surface area contributed by atoms with E-state index in [0.29, 0.717) is 4.77 Å². The lowest BCUT2D eigenvalue weighted by Crippen LogP contribution is -1.85. The van der Waals surface area contributed by atoms with Crippen LogP contribution < -0.4 is 0 Å². The van der Waals surface area contributed by atoms with Crippen molar-refractivity contribution in [2.45, 2.75) is 0 Å². The van der Waals surface area contributed by atoms with E-state index in [1.807, 2.05) is 34.0 Å². The normalized spacial score (nSPS) is 11.1. The number of nitrogens with one attached hydrogen (secondary N) is 1. The maximum absolute atomic E-state index is 5.86. The number of fused-ring (bicyclic) bond motifs is 1. The molecule has 0 aliphatic rings. The molecule has 0 aliphatic carbocycles. The van der Waals surface area contributed by atoms with E-state index in [1.54, 1.807) is 11.3 Å². The number of thiazole rings is 1. The summed E-state index contributed by atoms with van der Waals surface area (Å²) in [6, 6.07) is 7.67. The zero-order chi connectivity index (χ0) is 11.1. The van der Waals surface area contributed by atoms with E-state index >= 15 is 0 Å². The first-order valence-corrected chi connectivity index (χ1v) is 6.23. The second-order valence-electron chi connectivity index (χ2n) is 3.27. The number of benzene rings is 1. The fraction of sp³-hybridized carbons (Fsp3) is 0. The molecule has 3 rings (SSSR count). The summed E-state index contributed by atoms with van der Waals surface area (Å²) in [4.78, 5) is 0.870. The van der Waals surface area contributed by atoms with Crippen LogP contribution in [0.3, 0.4) is 0 Å². The fourth-order valence-corrected chi connectivity index (χ4v) is 2.82. The van der Waals surface area contributed by atoms with Gasteiger partial charge >= 0.3 is 0 Å². The Morgan fingerprint density at radius 1 is 1.31 bits per heavy atom. The smallest absolute Gasteiger partial charge is 0.215 e. The summed E-state index contributed by atoms with van der Waals surface area (Å²) in [5, 5.41) is 9.66. The molecule has 0 saturated heterocycles. The number of hydrogen-bond acceptors (Lipinski definition) is 3. The van der Waals surface area contributed by atoms with Gasteiger partial charge in [0.2, 0.25) is 9.73 Å². The van der Waals surface area contributed by atoms with Gasteiger partial charge in [-0.1, -0.05) is 23.7 Å². The lowest BCUT2D eigenvalue weighted by atomic mass is 10.2. The SMILES string of the molecule is S=c1[nH]nc2scc(-c3ccc(Cl)cc3)n12. The molecule has 0 radical (unpaired) electrons. The third kappa shape index (κ3) is 1.48. The van der Waals surface area contributed by atoms with E-state index in [2.05, 4.69) is 10.2 Å². The van der Waals surface area contributed by atoms with Crippen LogP contribution in [0.25, 0.3) is 16.2 Å². The molecule has 0 unspecified atom stereocenters. The topological polar surface area (TPSA) is 33.1 Å². The zero-order valence-corrected chi connectivity index (χ0v) is 10.4. The van der Waals surface area contributed by atoms with Crippen molar-refractivity contribution in [3.8, 4) is 11.3 Å². The third-order valence-corrected chi connectivity index (χ3v) is 3.65. The third-order valence-electron chi connectivity index (χ3n) is 2.30. The molecule has 80 valence electrons. The molecule has 0 aliphatic heterocycles. The maximum atomic E-state index is 5.86. The average molecular weight is 268 g/mol. The Labute approximate surface area is 105 Å². The number of H-pyrrole nitrogens is 1. The highest BCUT2D eigenvalue weighted by molar-refractivity contribution is 7.71. The summed E-state index contributed by atoms with van der Waals surface area (Å²) in [6.45, 7) is 0. The van der Waals surface area contributed by atoms with Crippen molar-refractivity contribution in [2.75, 3.05) is 0 Å². The van der Waals surface area contributed by atoms with E-state index in [1.165, 1.54) is 0 Å². The molecular weight excluding hydrogens is 262 g/mol. The highest BCUT2D eigenvalue weighted by Crippen LogP contribution is 2.26. The minimum atomic E-state index is 0.612. The fourth-order valence-electron chi connectivity index (χ4n) is 1.55. The standard InChI is InChI=1S/C10H6ClN3S2/c11-7-3-1-6(2-4-7)8-5-16-10-13-12-9(15)14(8)10/h1-5H,(H,12,15). The number of aromatic nitrogens is 3. The van der Waals surface area contributed by atoms with Gasteiger partial charge in [0.15, 0.2) is 0 Å². The Morgan fingerprint density at radius 2 is 2.06 bits per heavy atom. The first-order valence-electron chi connectivity index (χ1n) is 4.56. The molecule has 0 amide bonds. The largest absolute Gasteiger partial charge is 0.259 e. The monoisotopic (exact) mass is 267 g/mol. The van der Waals surface area contributed by atoms with E-state index in [0.717, 1.165) is 21.2 Å². The van der Waals surface area contributed by atoms with Crippen molar-refractivity contribution in [3.63, 3.8) is 0 Å². The Kier molecular flexibility index (Phi) is 2.31. The molecule has 0 atom stereocenters. The van der Waals surface area contributed by atoms with Crippen LogP contribution in [0.1, 0.15) is 0 Å². The van der Waals surface area contributed by atoms with Gasteiger partial charge in [-0.3, -0.25) is 9.50 Å². The Morgan fingerprint density at radius 3 is 2.81 bits per heavy atom. The molecule has 1 N–H and O–H groups in total. The van der Waals surface area contributed by atoms with Crippen LogP contribution in [0.2, 0.25) is 5.02 Å². The van der Waals surface area contributed by atoms with Crippen molar-refractivity contribution in [1.29, 1.82) is 0 Å². The Bertz CT molecular complexity index is 693. The number of hydrogen-bond donors (Lipinski definition) is 1. The van der Waals surface area contributed by atoms with Crippen molar-refractivity contribution in [3.05, 3.63) is 39.4 Å². The number of aromatic amines is 1. The minimum absolute atomic E-state index is 0.612. The second-order valence-corrected chi connectivity index (χ2v) is 4.93. The van der Waals surface area contributed by atoms with Gasteiger partial charge in [-0.15, -0.1) is 16.4 Å². The lowest BCUT2D eigenvalue weighted by Gasteiger charge is -1.98. The predicted molar refractivity (Wildman–Crippen MR) is 68.7 cm³/mol. The molecule has 6 heteroatoms. The lowest BCUT2D eigenvalue weighted by molar-refractivity contribution is 1.08. The molecule has 0 bridgehead atoms. The van der Waals surface area contributed by atoms with Gasteiger partial charge in [0.25, 0.3) is 0 Å². The van der Waals surface area contributed by atoms with Crippen LogP contribution in [-0.2, 0) is 0 Å². The molecule has 2 aromatic heterocycles. The highest BCUT2D eigenvalue weighted by atomic mass is 35.5. The summed E-state index contributed by atoms with van der Waals surface area (Å²) in [7, 11) is 0. The summed E-state index contributed by atoms with van der Waals surface area (Å²) in [5.41, 5.74) is 2.11. The molecule has 2 heterocycles. The highest BCUT2D eigenvalue weighted by Gasteiger charge is 2.08. The van der Waals surface area contributed by atoms with Crippen molar-refractivity contribution in [1.82, 2.24) is 14.6 Å². The minimum Gasteiger partial charge on any atom is -0.259 e. The average Bonchev–Trinajstić information content (AvgIpc) is 2.84. The Balaban J connectivity index is 2.29. The summed E-state index contributed by atoms with van der Waals surface area (Å²) in [5.74, 6) is 0. The van der Waals surface area contributed by atoms with Gasteiger partial charge in [-0.2, -0.15) is 0 Å². The van der Waals surface area contributed by atoms with Gasteiger partial charge in [0.05, 0.1) is 5.69 Å². The van der Waals surface area contributed by atoms with Gasteiger partial charge in [-0.25, -0.2) is 0 Å². The van der Waals surface area contributed by atoms with Crippen molar-refractivity contribution < 1.29 is 0 Å². The maximum Gasteiger partial charge on any atom is 0.215 e. The summed E-state index contributed by atoms with van der Waals surface area (Å²) >= 11 is 12.6. The zero-order valence-electron chi connectivity index (χ0n) is 7.98. The molecule has 0 spiro atoms. The van der Waals surface area contributed by atoms with Crippen molar-refractivity contribution >= 4 is 40.1 Å². The van der Waals surface area contributed by atoms with E-state index in [4.69, 9.17) is 23.8 Å². The van der Waals surface area contributed by atoms with Crippen LogP contribution in [0.4, 0.5) is 0 Å². The van der Waals surface area contributed by atoms with Gasteiger partial charge < -0.3 is 0 Å². The number of nitrogens with zero attached hydrogens (tertiary/aromatic N) is 2. The van der Waals surface area contributed by atoms with Gasteiger partial charge in [0.1, 0.15) is 0 Å². The van der Waals surface area contributed by atoms with Crippen LogP contribution in [0.15, 0.2) is 29.6 Å². The quantitative estimate of drug-likeness (QED) is 0.681. The van der Waals surface area contributed by atoms with Crippen LogP contribution in [0, 0.1) is 4.77 Å². The molecule has 16 heavy (non-hydrogen) atoms. The number of rotatable bonds is 1. The van der Waals surface area contributed by atoms with Crippen molar-refractivity contribution in [2.24, 2.45) is 0 Å². The molecule has 1 aromatic carbocycles. The van der Waals surface area contributed by atoms with Crippen LogP contribution >= 0.6 is 35.2 Å².